The van der Waals surface area contributed by atoms with Crippen LogP contribution in [0.3, 0.4) is 0 Å². The largest absolute Gasteiger partial charge is 0.336 e. The maximum atomic E-state index is 13.5. The topological polar surface area (TPSA) is 72.3 Å². The second-order valence-electron chi connectivity index (χ2n) is 10.1. The maximum Gasteiger partial charge on any atom is 0.228 e. The molecule has 2 fully saturated rings. The Bertz CT molecular complexity index is 1300. The lowest BCUT2D eigenvalue weighted by Crippen LogP contribution is -2.37. The molecule has 36 heavy (non-hydrogen) atoms. The van der Waals surface area contributed by atoms with Crippen LogP contribution in [-0.2, 0) is 33.5 Å². The lowest BCUT2D eigenvalue weighted by atomic mass is 10.1. The lowest BCUT2D eigenvalue weighted by molar-refractivity contribution is -0.136. The predicted octanol–water partition coefficient (Wildman–Crippen LogP) is 4.97. The Morgan fingerprint density at radius 2 is 1.67 bits per heavy atom. The molecular formula is C28H32FN3O3S. The highest BCUT2D eigenvalue weighted by Gasteiger charge is 2.33. The van der Waals surface area contributed by atoms with Gasteiger partial charge in [-0.2, -0.15) is 0 Å². The fraction of sp³-hybridized carbons (Fsp3) is 0.429. The van der Waals surface area contributed by atoms with Gasteiger partial charge in [-0.1, -0.05) is 55.3 Å². The summed E-state index contributed by atoms with van der Waals surface area (Å²) >= 11 is 0. The summed E-state index contributed by atoms with van der Waals surface area (Å²) in [6, 6.07) is 15.1. The highest BCUT2D eigenvalue weighted by molar-refractivity contribution is 7.90. The van der Waals surface area contributed by atoms with Gasteiger partial charge in [0.2, 0.25) is 20.9 Å². The minimum Gasteiger partial charge on any atom is -0.336 e. The van der Waals surface area contributed by atoms with Crippen LogP contribution in [0.1, 0.15) is 55.3 Å². The van der Waals surface area contributed by atoms with Gasteiger partial charge in [0.25, 0.3) is 0 Å². The molecule has 0 radical (unpaired) electrons. The van der Waals surface area contributed by atoms with Crippen molar-refractivity contribution < 1.29 is 17.6 Å². The number of sulfone groups is 1. The third-order valence-electron chi connectivity index (χ3n) is 7.18. The molecule has 3 aromatic rings. The van der Waals surface area contributed by atoms with Crippen molar-refractivity contribution in [1.29, 1.82) is 0 Å². The van der Waals surface area contributed by atoms with E-state index in [1.165, 1.54) is 24.3 Å². The Morgan fingerprint density at radius 3 is 2.33 bits per heavy atom. The van der Waals surface area contributed by atoms with Crippen LogP contribution in [-0.4, -0.2) is 35.3 Å². The van der Waals surface area contributed by atoms with E-state index in [1.807, 2.05) is 35.2 Å². The Balaban J connectivity index is 1.47. The zero-order valence-electron chi connectivity index (χ0n) is 20.4. The normalized spacial score (nSPS) is 16.4. The van der Waals surface area contributed by atoms with E-state index in [9.17, 15) is 17.6 Å². The molecule has 0 aliphatic heterocycles. The molecule has 2 aliphatic rings. The third-order valence-corrected chi connectivity index (χ3v) is 8.77. The lowest BCUT2D eigenvalue weighted by Gasteiger charge is -2.26. The van der Waals surface area contributed by atoms with Crippen LogP contribution < -0.4 is 0 Å². The first-order chi connectivity index (χ1) is 17.4. The molecular weight excluding hydrogens is 477 g/mol. The fourth-order valence-electron chi connectivity index (χ4n) is 5.04. The van der Waals surface area contributed by atoms with E-state index in [0.717, 1.165) is 44.1 Å². The highest BCUT2D eigenvalue weighted by atomic mass is 32.2. The molecule has 2 aliphatic carbocycles. The van der Waals surface area contributed by atoms with Crippen LogP contribution in [0.2, 0.25) is 0 Å². The van der Waals surface area contributed by atoms with E-state index in [1.54, 1.807) is 10.8 Å². The second kappa shape index (κ2) is 10.5. The van der Waals surface area contributed by atoms with Crippen molar-refractivity contribution in [2.75, 3.05) is 6.54 Å². The number of imidazole rings is 1. The number of hydrogen-bond acceptors (Lipinski definition) is 4. The number of rotatable bonds is 10. The van der Waals surface area contributed by atoms with Crippen LogP contribution in [0.4, 0.5) is 4.39 Å². The molecule has 0 atom stereocenters. The standard InChI is InChI=1S/C28H32FN3O3S/c29-25-14-12-23(13-15-25)20-36(34,35)28-30-16-26(32(28)18-21-6-2-1-3-7-21)19-31(17-22-10-11-22)27(33)24-8-4-5-9-24/h1-3,6-7,12-16,22,24H,4-5,8-11,17-20H2. The number of carbonyl (C=O) groups excluding carboxylic acids is 1. The summed E-state index contributed by atoms with van der Waals surface area (Å²) < 4.78 is 42.0. The van der Waals surface area contributed by atoms with E-state index < -0.39 is 15.7 Å². The number of nitrogens with zero attached hydrogens (tertiary/aromatic N) is 3. The summed E-state index contributed by atoms with van der Waals surface area (Å²) in [5.74, 6) is 0.0958. The van der Waals surface area contributed by atoms with Crippen molar-refractivity contribution >= 4 is 15.7 Å². The minimum atomic E-state index is -3.81. The number of carbonyl (C=O) groups is 1. The van der Waals surface area contributed by atoms with Crippen LogP contribution in [0.15, 0.2) is 66.0 Å². The van der Waals surface area contributed by atoms with E-state index in [2.05, 4.69) is 4.98 Å². The summed E-state index contributed by atoms with van der Waals surface area (Å²) in [6.45, 7) is 1.39. The van der Waals surface area contributed by atoms with Gasteiger partial charge in [-0.25, -0.2) is 17.8 Å². The minimum absolute atomic E-state index is 0.0228. The molecule has 6 nitrogen and oxygen atoms in total. The molecule has 8 heteroatoms. The van der Waals surface area contributed by atoms with Gasteiger partial charge in [-0.05, 0) is 54.9 Å². The first kappa shape index (κ1) is 24.7. The fourth-order valence-corrected chi connectivity index (χ4v) is 6.53. The molecule has 0 spiro atoms. The molecule has 0 N–H and O–H groups in total. The van der Waals surface area contributed by atoms with Gasteiger partial charge >= 0.3 is 0 Å². The number of hydrogen-bond donors (Lipinski definition) is 0. The van der Waals surface area contributed by atoms with Crippen LogP contribution in [0, 0.1) is 17.7 Å². The highest BCUT2D eigenvalue weighted by Crippen LogP contribution is 2.33. The summed E-state index contributed by atoms with van der Waals surface area (Å²) in [7, 11) is -3.81. The Morgan fingerprint density at radius 1 is 0.972 bits per heavy atom. The number of amides is 1. The van der Waals surface area contributed by atoms with Crippen LogP contribution in [0.5, 0.6) is 0 Å². The molecule has 0 saturated heterocycles. The SMILES string of the molecule is O=C(C1CCCC1)N(Cc1cnc(S(=O)(=O)Cc2ccc(F)cc2)n1Cc1ccccc1)CC1CC1. The third kappa shape index (κ3) is 5.86. The molecule has 2 saturated carbocycles. The second-order valence-corrected chi connectivity index (χ2v) is 12.0. The average Bonchev–Trinajstić information content (AvgIpc) is 3.34. The van der Waals surface area contributed by atoms with Gasteiger partial charge in [-0.3, -0.25) is 4.79 Å². The monoisotopic (exact) mass is 509 g/mol. The van der Waals surface area contributed by atoms with Gasteiger partial charge in [0, 0.05) is 12.5 Å². The maximum absolute atomic E-state index is 13.5. The van der Waals surface area contributed by atoms with Crippen LogP contribution >= 0.6 is 0 Å². The van der Waals surface area contributed by atoms with E-state index in [0.29, 0.717) is 36.8 Å². The smallest absolute Gasteiger partial charge is 0.228 e. The van der Waals surface area contributed by atoms with Crippen molar-refractivity contribution in [3.63, 3.8) is 0 Å². The zero-order valence-corrected chi connectivity index (χ0v) is 21.2. The Labute approximate surface area is 212 Å². The number of halogens is 1. The van der Waals surface area contributed by atoms with Gasteiger partial charge in [-0.15, -0.1) is 0 Å². The first-order valence-electron chi connectivity index (χ1n) is 12.7. The quantitative estimate of drug-likeness (QED) is 0.387. The zero-order chi connectivity index (χ0) is 25.1. The summed E-state index contributed by atoms with van der Waals surface area (Å²) in [5, 5.41) is -0.0228. The van der Waals surface area contributed by atoms with E-state index in [-0.39, 0.29) is 22.7 Å². The van der Waals surface area contributed by atoms with Crippen molar-refractivity contribution in [2.45, 2.75) is 62.5 Å². The van der Waals surface area contributed by atoms with Gasteiger partial charge in [0.15, 0.2) is 0 Å². The molecule has 1 amide bonds. The Hall–Kier alpha value is -3.00. The van der Waals surface area contributed by atoms with Crippen LogP contribution in [0.25, 0.3) is 0 Å². The van der Waals surface area contributed by atoms with Gasteiger partial charge in [0.05, 0.1) is 30.7 Å². The van der Waals surface area contributed by atoms with Gasteiger partial charge in [0.1, 0.15) is 5.82 Å². The molecule has 190 valence electrons. The van der Waals surface area contributed by atoms with Crippen molar-refractivity contribution in [2.24, 2.45) is 11.8 Å². The molecule has 1 aromatic heterocycles. The summed E-state index contributed by atoms with van der Waals surface area (Å²) in [4.78, 5) is 19.7. The summed E-state index contributed by atoms with van der Waals surface area (Å²) in [5.41, 5.74) is 2.16. The van der Waals surface area contributed by atoms with Crippen molar-refractivity contribution in [3.8, 4) is 0 Å². The predicted molar refractivity (Wildman–Crippen MR) is 135 cm³/mol. The van der Waals surface area contributed by atoms with Gasteiger partial charge < -0.3 is 9.47 Å². The number of benzene rings is 2. The van der Waals surface area contributed by atoms with E-state index >= 15 is 0 Å². The number of aromatic nitrogens is 2. The van der Waals surface area contributed by atoms with Crippen molar-refractivity contribution in [3.05, 3.63) is 83.4 Å². The molecule has 0 bridgehead atoms. The molecule has 5 rings (SSSR count). The molecule has 1 heterocycles. The van der Waals surface area contributed by atoms with E-state index in [4.69, 9.17) is 0 Å². The Kier molecular flexibility index (Phi) is 7.23. The first-order valence-corrected chi connectivity index (χ1v) is 14.4. The molecule has 0 unspecified atom stereocenters. The summed E-state index contributed by atoms with van der Waals surface area (Å²) in [6.07, 6.45) is 7.91. The van der Waals surface area contributed by atoms with Crippen molar-refractivity contribution in [1.82, 2.24) is 14.5 Å². The average molecular weight is 510 g/mol. The molecule has 2 aromatic carbocycles.